The van der Waals surface area contributed by atoms with E-state index in [9.17, 15) is 35.9 Å². The molecular weight excluding hydrogens is 474 g/mol. The number of aromatic carboxylic acids is 1. The number of nitrogens with one attached hydrogen (secondary N) is 1. The molecule has 9 nitrogen and oxygen atoms in total. The summed E-state index contributed by atoms with van der Waals surface area (Å²) in [4.78, 5) is 29.8. The van der Waals surface area contributed by atoms with Gasteiger partial charge in [-0.3, -0.25) is 9.78 Å². The Morgan fingerprint density at radius 3 is 2.26 bits per heavy atom. The van der Waals surface area contributed by atoms with Crippen LogP contribution >= 0.6 is 0 Å². The second kappa shape index (κ2) is 7.71. The Balaban J connectivity index is 1.88. The van der Waals surface area contributed by atoms with Crippen molar-refractivity contribution in [3.05, 3.63) is 69.4 Å². The van der Waals surface area contributed by atoms with Gasteiger partial charge < -0.3 is 5.11 Å². The van der Waals surface area contributed by atoms with Crippen molar-refractivity contribution in [3.63, 3.8) is 0 Å². The van der Waals surface area contributed by atoms with Gasteiger partial charge in [0, 0.05) is 6.20 Å². The Morgan fingerprint density at radius 1 is 1.09 bits per heavy atom. The Bertz CT molecular complexity index is 1450. The number of rotatable bonds is 4. The molecule has 1 aromatic carbocycles. The van der Waals surface area contributed by atoms with Crippen molar-refractivity contribution < 1.29 is 36.2 Å². The zero-order valence-electron chi connectivity index (χ0n) is 16.8. The molecule has 3 aromatic heterocycles. The molecule has 0 amide bonds. The minimum absolute atomic E-state index is 0.160. The number of aromatic nitrogens is 6. The van der Waals surface area contributed by atoms with Crippen molar-refractivity contribution in [1.82, 2.24) is 29.5 Å². The van der Waals surface area contributed by atoms with Gasteiger partial charge in [-0.1, -0.05) is 12.1 Å². The number of carbonyl (C=O) groups is 1. The van der Waals surface area contributed by atoms with E-state index in [1.54, 1.807) is 0 Å². The van der Waals surface area contributed by atoms with Gasteiger partial charge in [0.25, 0.3) is 5.56 Å². The second-order valence-electron chi connectivity index (χ2n) is 7.15. The molecule has 0 aliphatic heterocycles. The predicted molar refractivity (Wildman–Crippen MR) is 102 cm³/mol. The third-order valence-corrected chi connectivity index (χ3v) is 4.95. The number of halogens is 6. The summed E-state index contributed by atoms with van der Waals surface area (Å²) in [6.45, 7) is 1.36. The molecule has 178 valence electrons. The quantitative estimate of drug-likeness (QED) is 0.425. The van der Waals surface area contributed by atoms with Gasteiger partial charge in [-0.05, 0) is 24.6 Å². The van der Waals surface area contributed by atoms with Gasteiger partial charge in [0.1, 0.15) is 5.52 Å². The largest absolute Gasteiger partial charge is 0.478 e. The lowest BCUT2D eigenvalue weighted by atomic mass is 10.1. The van der Waals surface area contributed by atoms with Crippen LogP contribution in [-0.4, -0.2) is 40.6 Å². The van der Waals surface area contributed by atoms with E-state index in [1.807, 2.05) is 0 Å². The number of carboxylic acids is 1. The average molecular weight is 486 g/mol. The maximum absolute atomic E-state index is 13.7. The first-order chi connectivity index (χ1) is 15.8. The molecule has 0 saturated heterocycles. The van der Waals surface area contributed by atoms with E-state index in [0.717, 1.165) is 46.0 Å². The van der Waals surface area contributed by atoms with Crippen LogP contribution in [0.25, 0.3) is 17.0 Å². The van der Waals surface area contributed by atoms with E-state index in [-0.39, 0.29) is 11.1 Å². The SMILES string of the molecule is C[C@@H](c1ccc(C(F)(F)F)cc1)n1nc(C(F)(F)F)c2nc(-n3cc(C(=O)O)cn3)[nH]c(=O)c21. The van der Waals surface area contributed by atoms with Crippen molar-refractivity contribution >= 4 is 17.0 Å². The van der Waals surface area contributed by atoms with Gasteiger partial charge in [-0.15, -0.1) is 0 Å². The summed E-state index contributed by atoms with van der Waals surface area (Å²) < 4.78 is 81.1. The highest BCUT2D eigenvalue weighted by molar-refractivity contribution is 5.87. The first-order valence-corrected chi connectivity index (χ1v) is 9.32. The minimum Gasteiger partial charge on any atom is -0.478 e. The lowest BCUT2D eigenvalue weighted by Crippen LogP contribution is -2.19. The molecule has 15 heteroatoms. The lowest BCUT2D eigenvalue weighted by molar-refractivity contribution is -0.140. The topological polar surface area (TPSA) is 119 Å². The average Bonchev–Trinajstić information content (AvgIpc) is 3.38. The van der Waals surface area contributed by atoms with Crippen molar-refractivity contribution in [2.75, 3.05) is 0 Å². The zero-order valence-corrected chi connectivity index (χ0v) is 16.8. The Hall–Kier alpha value is -4.17. The molecule has 2 N–H and O–H groups in total. The van der Waals surface area contributed by atoms with E-state index >= 15 is 0 Å². The number of alkyl halides is 6. The highest BCUT2D eigenvalue weighted by Gasteiger charge is 2.39. The highest BCUT2D eigenvalue weighted by atomic mass is 19.4. The fourth-order valence-corrected chi connectivity index (χ4v) is 3.26. The van der Waals surface area contributed by atoms with Gasteiger partial charge in [0.05, 0.1) is 23.4 Å². The van der Waals surface area contributed by atoms with E-state index in [4.69, 9.17) is 5.11 Å². The van der Waals surface area contributed by atoms with Gasteiger partial charge >= 0.3 is 18.3 Å². The molecule has 0 unspecified atom stereocenters. The van der Waals surface area contributed by atoms with Crippen LogP contribution < -0.4 is 5.56 Å². The van der Waals surface area contributed by atoms with Crippen LogP contribution in [0.5, 0.6) is 0 Å². The van der Waals surface area contributed by atoms with Crippen LogP contribution in [0.2, 0.25) is 0 Å². The molecular formula is C19H12F6N6O3. The number of aromatic amines is 1. The van der Waals surface area contributed by atoms with Gasteiger partial charge in [-0.2, -0.15) is 36.5 Å². The normalized spacial score (nSPS) is 13.4. The summed E-state index contributed by atoms with van der Waals surface area (Å²) in [6.07, 6.45) is -7.78. The molecule has 0 bridgehead atoms. The summed E-state index contributed by atoms with van der Waals surface area (Å²) >= 11 is 0. The van der Waals surface area contributed by atoms with Crippen molar-refractivity contribution in [3.8, 4) is 5.95 Å². The molecule has 0 radical (unpaired) electrons. The molecule has 1 atom stereocenters. The monoisotopic (exact) mass is 486 g/mol. The van der Waals surface area contributed by atoms with Crippen LogP contribution in [0.1, 0.15) is 40.1 Å². The standard InChI is InChI=1S/C19H12F6N6O3/c1-8(9-2-4-11(5-3-9)18(20,21)22)31-13-12(14(29-31)19(23,24)25)27-17(28-15(13)32)30-7-10(6-26-30)16(33)34/h2-8H,1H3,(H,33,34)(H,27,28,32)/t8-/m0/s1. The summed E-state index contributed by atoms with van der Waals surface area (Å²) in [5.41, 5.74) is -5.05. The number of carboxylic acid groups (broad SMARTS) is 1. The number of hydrogen-bond donors (Lipinski definition) is 2. The summed E-state index contributed by atoms with van der Waals surface area (Å²) in [6, 6.07) is 2.60. The zero-order chi connectivity index (χ0) is 25.0. The van der Waals surface area contributed by atoms with E-state index in [1.165, 1.54) is 6.92 Å². The summed E-state index contributed by atoms with van der Waals surface area (Å²) in [7, 11) is 0. The predicted octanol–water partition coefficient (Wildman–Crippen LogP) is 3.65. The summed E-state index contributed by atoms with van der Waals surface area (Å²) in [5.74, 6) is -1.85. The number of H-pyrrole nitrogens is 1. The van der Waals surface area contributed by atoms with Crippen LogP contribution in [0.15, 0.2) is 41.5 Å². The fraction of sp³-hybridized carbons (Fsp3) is 0.211. The van der Waals surface area contributed by atoms with E-state index in [0.29, 0.717) is 0 Å². The maximum Gasteiger partial charge on any atom is 0.437 e. The van der Waals surface area contributed by atoms with Crippen LogP contribution in [0, 0.1) is 0 Å². The molecule has 3 heterocycles. The fourth-order valence-electron chi connectivity index (χ4n) is 3.26. The van der Waals surface area contributed by atoms with E-state index in [2.05, 4.69) is 20.2 Å². The van der Waals surface area contributed by atoms with Gasteiger partial charge in [-0.25, -0.2) is 19.1 Å². The molecule has 0 aliphatic rings. The van der Waals surface area contributed by atoms with E-state index < -0.39 is 58.2 Å². The molecule has 34 heavy (non-hydrogen) atoms. The molecule has 0 saturated carbocycles. The molecule has 0 spiro atoms. The van der Waals surface area contributed by atoms with Crippen molar-refractivity contribution in [1.29, 1.82) is 0 Å². The second-order valence-corrected chi connectivity index (χ2v) is 7.15. The van der Waals surface area contributed by atoms with Crippen molar-refractivity contribution in [2.24, 2.45) is 0 Å². The number of nitrogens with zero attached hydrogens (tertiary/aromatic N) is 5. The smallest absolute Gasteiger partial charge is 0.437 e. The molecule has 0 fully saturated rings. The first kappa shape index (κ1) is 23.0. The first-order valence-electron chi connectivity index (χ1n) is 9.32. The maximum atomic E-state index is 13.7. The third kappa shape index (κ3) is 3.99. The number of fused-ring (bicyclic) bond motifs is 1. The molecule has 4 aromatic rings. The molecule has 0 aliphatic carbocycles. The Labute approximate surface area is 184 Å². The highest BCUT2D eigenvalue weighted by Crippen LogP contribution is 2.35. The van der Waals surface area contributed by atoms with Crippen LogP contribution in [0.4, 0.5) is 26.3 Å². The number of benzene rings is 1. The third-order valence-electron chi connectivity index (χ3n) is 4.95. The minimum atomic E-state index is -5.03. The van der Waals surface area contributed by atoms with Gasteiger partial charge in [0.15, 0.2) is 11.2 Å². The van der Waals surface area contributed by atoms with Crippen LogP contribution in [0.3, 0.4) is 0 Å². The number of hydrogen-bond acceptors (Lipinski definition) is 5. The van der Waals surface area contributed by atoms with Crippen molar-refractivity contribution in [2.45, 2.75) is 25.3 Å². The van der Waals surface area contributed by atoms with Crippen LogP contribution in [-0.2, 0) is 12.4 Å². The Kier molecular flexibility index (Phi) is 5.21. The Morgan fingerprint density at radius 2 is 1.74 bits per heavy atom. The molecule has 4 rings (SSSR count). The van der Waals surface area contributed by atoms with Gasteiger partial charge in [0.2, 0.25) is 5.95 Å². The summed E-state index contributed by atoms with van der Waals surface area (Å²) in [5, 5.41) is 16.2. The lowest BCUT2D eigenvalue weighted by Gasteiger charge is -2.15.